The molecule has 2 rings (SSSR count). The first kappa shape index (κ1) is 14.0. The monoisotopic (exact) mass is 368 g/mol. The molecule has 0 bridgehead atoms. The fourth-order valence-corrected chi connectivity index (χ4v) is 2.09. The van der Waals surface area contributed by atoms with Gasteiger partial charge in [0.05, 0.1) is 4.92 Å². The van der Waals surface area contributed by atoms with E-state index in [1.165, 1.54) is 15.2 Å². The average Bonchev–Trinajstić information content (AvgIpc) is 2.41. The van der Waals surface area contributed by atoms with E-state index in [1.807, 2.05) is 6.07 Å². The van der Waals surface area contributed by atoms with Gasteiger partial charge in [0.2, 0.25) is 0 Å². The Morgan fingerprint density at radius 3 is 2.42 bits per heavy atom. The van der Waals surface area contributed by atoms with Crippen LogP contribution in [0.5, 0.6) is 0 Å². The molecule has 0 saturated carbocycles. The lowest BCUT2D eigenvalue weighted by atomic mass is 10.2. The average molecular weight is 368 g/mol. The van der Waals surface area contributed by atoms with Crippen molar-refractivity contribution in [2.45, 2.75) is 13.1 Å². The van der Waals surface area contributed by atoms with E-state index in [2.05, 4.69) is 52.2 Å². The molecule has 0 saturated heterocycles. The topological polar surface area (TPSA) is 55.2 Å². The first-order valence-corrected chi connectivity index (χ1v) is 6.91. The molecule has 4 nitrogen and oxygen atoms in total. The zero-order valence-corrected chi connectivity index (χ0v) is 12.3. The predicted octanol–water partition coefficient (Wildman–Crippen LogP) is 3.49. The maximum absolute atomic E-state index is 10.7. The molecule has 2 aromatic carbocycles. The van der Waals surface area contributed by atoms with Crippen LogP contribution in [-0.2, 0) is 13.1 Å². The van der Waals surface area contributed by atoms with Crippen LogP contribution in [0.1, 0.15) is 11.1 Å². The Balaban J connectivity index is 1.90. The molecule has 5 heteroatoms. The molecule has 0 fully saturated rings. The van der Waals surface area contributed by atoms with Crippen LogP contribution in [0.15, 0.2) is 48.5 Å². The van der Waals surface area contributed by atoms with Gasteiger partial charge in [-0.3, -0.25) is 10.1 Å². The van der Waals surface area contributed by atoms with Crippen molar-refractivity contribution in [2.75, 3.05) is 0 Å². The molecule has 1 N–H and O–H groups in total. The predicted molar refractivity (Wildman–Crippen MR) is 82.8 cm³/mol. The molecule has 98 valence electrons. The quantitative estimate of drug-likeness (QED) is 0.500. The van der Waals surface area contributed by atoms with E-state index in [9.17, 15) is 10.1 Å². The zero-order valence-electron chi connectivity index (χ0n) is 10.2. The van der Waals surface area contributed by atoms with Crippen molar-refractivity contribution in [1.82, 2.24) is 5.32 Å². The maximum atomic E-state index is 10.7. The Labute approximate surface area is 125 Å². The summed E-state index contributed by atoms with van der Waals surface area (Å²) in [6.45, 7) is 1.37. The van der Waals surface area contributed by atoms with Crippen LogP contribution >= 0.6 is 22.6 Å². The number of hydrogen-bond acceptors (Lipinski definition) is 3. The Bertz CT molecular complexity index is 570. The van der Waals surface area contributed by atoms with Gasteiger partial charge in [0, 0.05) is 28.8 Å². The third-order valence-corrected chi connectivity index (χ3v) is 3.41. The molecular formula is C14H13IN2O2. The fourth-order valence-electron chi connectivity index (χ4n) is 1.73. The first-order chi connectivity index (χ1) is 9.15. The number of halogens is 1. The number of nitrogens with zero attached hydrogens (tertiary/aromatic N) is 1. The second kappa shape index (κ2) is 6.63. The number of hydrogen-bond donors (Lipinski definition) is 1. The zero-order chi connectivity index (χ0) is 13.7. The Hall–Kier alpha value is -1.47. The number of nitro benzene ring substituents is 1. The Morgan fingerprint density at radius 2 is 1.74 bits per heavy atom. The van der Waals surface area contributed by atoms with Crippen molar-refractivity contribution in [1.29, 1.82) is 0 Å². The van der Waals surface area contributed by atoms with Gasteiger partial charge in [-0.1, -0.05) is 24.3 Å². The highest BCUT2D eigenvalue weighted by Crippen LogP contribution is 2.13. The molecule has 0 amide bonds. The molecular weight excluding hydrogens is 355 g/mol. The molecule has 0 radical (unpaired) electrons. The second-order valence-corrected chi connectivity index (χ2v) is 5.40. The van der Waals surface area contributed by atoms with Gasteiger partial charge in [-0.2, -0.15) is 0 Å². The summed E-state index contributed by atoms with van der Waals surface area (Å²) < 4.78 is 1.21. The second-order valence-electron chi connectivity index (χ2n) is 4.16. The van der Waals surface area contributed by atoms with E-state index in [4.69, 9.17) is 0 Å². The van der Waals surface area contributed by atoms with E-state index < -0.39 is 0 Å². The van der Waals surface area contributed by atoms with E-state index in [-0.39, 0.29) is 10.6 Å². The fraction of sp³-hybridized carbons (Fsp3) is 0.143. The minimum Gasteiger partial charge on any atom is -0.309 e. The molecule has 0 aliphatic heterocycles. The van der Waals surface area contributed by atoms with Crippen molar-refractivity contribution < 1.29 is 4.92 Å². The lowest BCUT2D eigenvalue weighted by Crippen LogP contribution is -2.12. The summed E-state index contributed by atoms with van der Waals surface area (Å²) in [5.74, 6) is 0. The van der Waals surface area contributed by atoms with E-state index in [0.29, 0.717) is 6.54 Å². The molecule has 0 heterocycles. The van der Waals surface area contributed by atoms with Gasteiger partial charge in [0.25, 0.3) is 5.69 Å². The molecule has 19 heavy (non-hydrogen) atoms. The van der Waals surface area contributed by atoms with Crippen LogP contribution in [0.4, 0.5) is 5.69 Å². The van der Waals surface area contributed by atoms with Gasteiger partial charge >= 0.3 is 0 Å². The lowest BCUT2D eigenvalue weighted by molar-refractivity contribution is -0.384. The Kier molecular flexibility index (Phi) is 4.86. The summed E-state index contributed by atoms with van der Waals surface area (Å²) in [5, 5.41) is 13.9. The van der Waals surface area contributed by atoms with Crippen molar-refractivity contribution >= 4 is 28.3 Å². The highest BCUT2D eigenvalue weighted by Gasteiger charge is 2.04. The molecule has 0 atom stereocenters. The standard InChI is InChI=1S/C14H13IN2O2/c15-13-6-4-11(5-7-13)9-16-10-12-2-1-3-14(8-12)17(18)19/h1-8,16H,9-10H2. The summed E-state index contributed by atoms with van der Waals surface area (Å²) in [6.07, 6.45) is 0. The summed E-state index contributed by atoms with van der Waals surface area (Å²) in [6, 6.07) is 15.0. The molecule has 0 aliphatic carbocycles. The maximum Gasteiger partial charge on any atom is 0.269 e. The van der Waals surface area contributed by atoms with Crippen molar-refractivity contribution in [3.63, 3.8) is 0 Å². The summed E-state index contributed by atoms with van der Waals surface area (Å²) in [4.78, 5) is 10.3. The van der Waals surface area contributed by atoms with Gasteiger partial charge in [0.1, 0.15) is 0 Å². The number of nitro groups is 1. The van der Waals surface area contributed by atoms with Crippen LogP contribution in [0.2, 0.25) is 0 Å². The highest BCUT2D eigenvalue weighted by atomic mass is 127. The van der Waals surface area contributed by atoms with E-state index in [0.717, 1.165) is 12.1 Å². The van der Waals surface area contributed by atoms with E-state index >= 15 is 0 Å². The minimum atomic E-state index is -0.372. The van der Waals surface area contributed by atoms with Crippen molar-refractivity contribution in [3.05, 3.63) is 73.3 Å². The largest absolute Gasteiger partial charge is 0.309 e. The Morgan fingerprint density at radius 1 is 1.05 bits per heavy atom. The van der Waals surface area contributed by atoms with E-state index in [1.54, 1.807) is 12.1 Å². The molecule has 0 unspecified atom stereocenters. The smallest absolute Gasteiger partial charge is 0.269 e. The summed E-state index contributed by atoms with van der Waals surface area (Å²) >= 11 is 2.27. The van der Waals surface area contributed by atoms with Crippen LogP contribution in [0, 0.1) is 13.7 Å². The van der Waals surface area contributed by atoms with Crippen LogP contribution in [0.3, 0.4) is 0 Å². The first-order valence-electron chi connectivity index (χ1n) is 5.83. The highest BCUT2D eigenvalue weighted by molar-refractivity contribution is 14.1. The molecule has 0 aromatic heterocycles. The summed E-state index contributed by atoms with van der Waals surface area (Å²) in [5.41, 5.74) is 2.25. The third-order valence-electron chi connectivity index (χ3n) is 2.69. The van der Waals surface area contributed by atoms with Crippen LogP contribution in [0.25, 0.3) is 0 Å². The number of non-ortho nitro benzene ring substituents is 1. The van der Waals surface area contributed by atoms with Crippen molar-refractivity contribution in [3.8, 4) is 0 Å². The van der Waals surface area contributed by atoms with Crippen LogP contribution in [-0.4, -0.2) is 4.92 Å². The molecule has 0 aliphatic rings. The van der Waals surface area contributed by atoms with Gasteiger partial charge in [0.15, 0.2) is 0 Å². The van der Waals surface area contributed by atoms with Gasteiger partial charge < -0.3 is 5.32 Å². The molecule has 0 spiro atoms. The van der Waals surface area contributed by atoms with Gasteiger partial charge in [-0.05, 0) is 45.9 Å². The SMILES string of the molecule is O=[N+]([O-])c1cccc(CNCc2ccc(I)cc2)c1. The molecule has 2 aromatic rings. The number of nitrogens with one attached hydrogen (secondary N) is 1. The van der Waals surface area contributed by atoms with Gasteiger partial charge in [-0.15, -0.1) is 0 Å². The van der Waals surface area contributed by atoms with Crippen molar-refractivity contribution in [2.24, 2.45) is 0 Å². The van der Waals surface area contributed by atoms with Crippen LogP contribution < -0.4 is 5.32 Å². The summed E-state index contributed by atoms with van der Waals surface area (Å²) in [7, 11) is 0. The normalized spacial score (nSPS) is 10.4. The third kappa shape index (κ3) is 4.29. The number of benzene rings is 2. The lowest BCUT2D eigenvalue weighted by Gasteiger charge is -2.05. The van der Waals surface area contributed by atoms with Gasteiger partial charge in [-0.25, -0.2) is 0 Å². The minimum absolute atomic E-state index is 0.133. The number of rotatable bonds is 5.